The maximum Gasteiger partial charge on any atom is 0.254 e. The Kier molecular flexibility index (Phi) is 4.67. The van der Waals surface area contributed by atoms with Gasteiger partial charge in [-0.3, -0.25) is 14.6 Å². The average molecular weight is 351 g/mol. The first kappa shape index (κ1) is 16.7. The molecule has 1 atom stereocenters. The van der Waals surface area contributed by atoms with E-state index in [1.807, 2.05) is 35.2 Å². The van der Waals surface area contributed by atoms with Gasteiger partial charge < -0.3 is 15.0 Å². The fourth-order valence-corrected chi connectivity index (χ4v) is 3.44. The Morgan fingerprint density at radius 1 is 1.15 bits per heavy atom. The number of aromatic nitrogens is 1. The van der Waals surface area contributed by atoms with Crippen molar-refractivity contribution in [2.24, 2.45) is 0 Å². The summed E-state index contributed by atoms with van der Waals surface area (Å²) in [4.78, 5) is 30.3. The van der Waals surface area contributed by atoms with Crippen LogP contribution in [0.3, 0.4) is 0 Å². The van der Waals surface area contributed by atoms with Gasteiger partial charge in [-0.2, -0.15) is 0 Å². The van der Waals surface area contributed by atoms with E-state index in [1.165, 1.54) is 0 Å². The molecule has 0 aliphatic carbocycles. The molecule has 26 heavy (non-hydrogen) atoms. The lowest BCUT2D eigenvalue weighted by molar-refractivity contribution is -0.119. The van der Waals surface area contributed by atoms with Crippen LogP contribution in [0.25, 0.3) is 11.3 Å². The molecule has 134 valence electrons. The summed E-state index contributed by atoms with van der Waals surface area (Å²) < 4.78 is 5.31. The smallest absolute Gasteiger partial charge is 0.254 e. The third-order valence-corrected chi connectivity index (χ3v) is 4.96. The summed E-state index contributed by atoms with van der Waals surface area (Å²) in [6.07, 6.45) is 2.22. The Balaban J connectivity index is 1.52. The van der Waals surface area contributed by atoms with Crippen molar-refractivity contribution in [3.05, 3.63) is 53.7 Å². The highest BCUT2D eigenvalue weighted by molar-refractivity contribution is 5.95. The van der Waals surface area contributed by atoms with E-state index in [9.17, 15) is 9.59 Å². The van der Waals surface area contributed by atoms with Crippen LogP contribution < -0.4 is 5.32 Å². The van der Waals surface area contributed by atoms with Crippen LogP contribution in [-0.4, -0.2) is 54.5 Å². The summed E-state index contributed by atoms with van der Waals surface area (Å²) in [6, 6.07) is 11.7. The lowest BCUT2D eigenvalue weighted by Crippen LogP contribution is -2.40. The highest BCUT2D eigenvalue weighted by Gasteiger charge is 2.23. The van der Waals surface area contributed by atoms with Crippen LogP contribution in [0.4, 0.5) is 0 Å². The van der Waals surface area contributed by atoms with Gasteiger partial charge in [0.1, 0.15) is 0 Å². The van der Waals surface area contributed by atoms with E-state index in [1.54, 1.807) is 12.3 Å². The second-order valence-corrected chi connectivity index (χ2v) is 6.66. The van der Waals surface area contributed by atoms with Gasteiger partial charge in [-0.1, -0.05) is 24.3 Å². The summed E-state index contributed by atoms with van der Waals surface area (Å²) in [5.74, 6) is 0.359. The zero-order valence-corrected chi connectivity index (χ0v) is 14.5. The topological polar surface area (TPSA) is 71.5 Å². The summed E-state index contributed by atoms with van der Waals surface area (Å²) in [5, 5.41) is 2.86. The molecule has 3 heterocycles. The van der Waals surface area contributed by atoms with Crippen molar-refractivity contribution in [2.45, 2.75) is 12.3 Å². The number of nitrogens with one attached hydrogen (secondary N) is 1. The van der Waals surface area contributed by atoms with Crippen LogP contribution in [0.5, 0.6) is 0 Å². The summed E-state index contributed by atoms with van der Waals surface area (Å²) in [6.45, 7) is 3.12. The highest BCUT2D eigenvalue weighted by atomic mass is 16.5. The number of pyridine rings is 1. The fourth-order valence-electron chi connectivity index (χ4n) is 3.44. The molecule has 1 N–H and O–H groups in total. The number of nitrogens with zero attached hydrogens (tertiary/aromatic N) is 2. The maximum absolute atomic E-state index is 12.6. The Bertz CT molecular complexity index is 813. The number of hydrogen-bond donors (Lipinski definition) is 1. The lowest BCUT2D eigenvalue weighted by Gasteiger charge is -2.26. The van der Waals surface area contributed by atoms with Crippen LogP contribution in [0.1, 0.15) is 28.3 Å². The molecule has 2 saturated heterocycles. The molecule has 2 fully saturated rings. The van der Waals surface area contributed by atoms with E-state index in [2.05, 4.69) is 10.3 Å². The molecule has 0 spiro atoms. The van der Waals surface area contributed by atoms with Gasteiger partial charge in [-0.25, -0.2) is 0 Å². The molecule has 0 radical (unpaired) electrons. The predicted octanol–water partition coefficient (Wildman–Crippen LogP) is 1.82. The molecule has 6 heteroatoms. The Labute approximate surface area is 152 Å². The first-order chi connectivity index (χ1) is 12.7. The fraction of sp³-hybridized carbons (Fsp3) is 0.350. The second-order valence-electron chi connectivity index (χ2n) is 6.66. The molecule has 2 amide bonds. The van der Waals surface area contributed by atoms with Gasteiger partial charge in [0.25, 0.3) is 5.91 Å². The van der Waals surface area contributed by atoms with Crippen molar-refractivity contribution in [2.75, 3.05) is 32.8 Å². The van der Waals surface area contributed by atoms with Crippen molar-refractivity contribution in [1.82, 2.24) is 15.2 Å². The Hall–Kier alpha value is -2.73. The van der Waals surface area contributed by atoms with E-state index in [-0.39, 0.29) is 17.7 Å². The van der Waals surface area contributed by atoms with E-state index in [4.69, 9.17) is 4.74 Å². The number of amides is 2. The number of ether oxygens (including phenoxy) is 1. The van der Waals surface area contributed by atoms with Gasteiger partial charge in [-0.05, 0) is 17.7 Å². The molecule has 4 rings (SSSR count). The first-order valence-electron chi connectivity index (χ1n) is 8.91. The molecule has 0 bridgehead atoms. The number of rotatable bonds is 3. The minimum atomic E-state index is 0.0177. The lowest BCUT2D eigenvalue weighted by atomic mass is 9.96. The van der Waals surface area contributed by atoms with Crippen LogP contribution in [0.2, 0.25) is 0 Å². The van der Waals surface area contributed by atoms with Crippen molar-refractivity contribution in [3.63, 3.8) is 0 Å². The molecule has 2 aromatic rings. The number of carbonyl (C=O) groups is 2. The number of morpholine rings is 1. The normalized spacial score (nSPS) is 20.1. The molecule has 1 aromatic carbocycles. The molecule has 2 aliphatic heterocycles. The highest BCUT2D eigenvalue weighted by Crippen LogP contribution is 2.26. The Morgan fingerprint density at radius 2 is 1.92 bits per heavy atom. The quantitative estimate of drug-likeness (QED) is 0.916. The van der Waals surface area contributed by atoms with Gasteiger partial charge in [0.05, 0.1) is 18.9 Å². The molecule has 2 aliphatic rings. The Morgan fingerprint density at radius 3 is 2.62 bits per heavy atom. The monoisotopic (exact) mass is 351 g/mol. The van der Waals surface area contributed by atoms with E-state index in [0.717, 1.165) is 16.8 Å². The summed E-state index contributed by atoms with van der Waals surface area (Å²) >= 11 is 0. The first-order valence-corrected chi connectivity index (χ1v) is 8.91. The van der Waals surface area contributed by atoms with E-state index >= 15 is 0 Å². The molecule has 6 nitrogen and oxygen atoms in total. The largest absolute Gasteiger partial charge is 0.378 e. The molecule has 1 unspecified atom stereocenters. The summed E-state index contributed by atoms with van der Waals surface area (Å²) in [7, 11) is 0. The van der Waals surface area contributed by atoms with Crippen molar-refractivity contribution >= 4 is 11.8 Å². The van der Waals surface area contributed by atoms with Crippen molar-refractivity contribution < 1.29 is 14.3 Å². The van der Waals surface area contributed by atoms with Gasteiger partial charge in [0.15, 0.2) is 0 Å². The SMILES string of the molecule is O=C1CC(c2ccc(-c3cc(C(=O)N4CCOCC4)ccn3)cc2)CN1. The zero-order chi connectivity index (χ0) is 17.9. The minimum Gasteiger partial charge on any atom is -0.378 e. The molecule has 1 aromatic heterocycles. The van der Waals surface area contributed by atoms with Gasteiger partial charge >= 0.3 is 0 Å². The number of hydrogen-bond acceptors (Lipinski definition) is 4. The van der Waals surface area contributed by atoms with E-state index in [0.29, 0.717) is 44.8 Å². The minimum absolute atomic E-state index is 0.0177. The number of benzene rings is 1. The predicted molar refractivity (Wildman–Crippen MR) is 96.8 cm³/mol. The molecular weight excluding hydrogens is 330 g/mol. The van der Waals surface area contributed by atoms with E-state index < -0.39 is 0 Å². The second kappa shape index (κ2) is 7.25. The summed E-state index contributed by atoms with van der Waals surface area (Å²) in [5.41, 5.74) is 3.53. The third-order valence-electron chi connectivity index (χ3n) is 4.96. The molecular formula is C20H21N3O3. The average Bonchev–Trinajstić information content (AvgIpc) is 3.15. The van der Waals surface area contributed by atoms with Gasteiger partial charge in [0.2, 0.25) is 5.91 Å². The maximum atomic E-state index is 12.6. The number of carbonyl (C=O) groups excluding carboxylic acids is 2. The van der Waals surface area contributed by atoms with Crippen LogP contribution >= 0.6 is 0 Å². The van der Waals surface area contributed by atoms with Gasteiger partial charge in [-0.15, -0.1) is 0 Å². The standard InChI is InChI=1S/C20H21N3O3/c24-19-12-17(13-22-19)14-1-3-15(4-2-14)18-11-16(5-6-21-18)20(25)23-7-9-26-10-8-23/h1-6,11,17H,7-10,12-13H2,(H,22,24). The van der Waals surface area contributed by atoms with Crippen molar-refractivity contribution in [3.8, 4) is 11.3 Å². The molecule has 0 saturated carbocycles. The van der Waals surface area contributed by atoms with Crippen LogP contribution in [-0.2, 0) is 9.53 Å². The van der Waals surface area contributed by atoms with Gasteiger partial charge in [0, 0.05) is 49.3 Å². The third kappa shape index (κ3) is 3.46. The van der Waals surface area contributed by atoms with Crippen molar-refractivity contribution in [1.29, 1.82) is 0 Å². The van der Waals surface area contributed by atoms with Crippen LogP contribution in [0.15, 0.2) is 42.6 Å². The van der Waals surface area contributed by atoms with Crippen LogP contribution in [0, 0.1) is 0 Å². The zero-order valence-electron chi connectivity index (χ0n) is 14.5.